The quantitative estimate of drug-likeness (QED) is 0.778. The van der Waals surface area contributed by atoms with Gasteiger partial charge in [0.25, 0.3) is 0 Å². The number of nitrogens with one attached hydrogen (secondary N) is 2. The van der Waals surface area contributed by atoms with Gasteiger partial charge in [-0.05, 0) is 63.9 Å². The SMILES string of the molecule is CC(C)(C)OC(=O)NC[C@H]1CC[C@H](CNC(=O)OCc2ccccc2)CC1. The normalized spacial score (nSPS) is 19.8. The van der Waals surface area contributed by atoms with E-state index in [4.69, 9.17) is 9.47 Å². The summed E-state index contributed by atoms with van der Waals surface area (Å²) in [6, 6.07) is 9.64. The fourth-order valence-corrected chi connectivity index (χ4v) is 3.18. The molecule has 1 saturated carbocycles. The van der Waals surface area contributed by atoms with E-state index in [1.807, 2.05) is 51.1 Å². The number of alkyl carbamates (subject to hydrolysis) is 2. The van der Waals surface area contributed by atoms with Crippen molar-refractivity contribution in [3.63, 3.8) is 0 Å². The molecule has 0 bridgehead atoms. The molecule has 2 amide bonds. The van der Waals surface area contributed by atoms with Crippen LogP contribution in [0.25, 0.3) is 0 Å². The van der Waals surface area contributed by atoms with Crippen LogP contribution in [0.15, 0.2) is 30.3 Å². The van der Waals surface area contributed by atoms with E-state index in [-0.39, 0.29) is 18.8 Å². The first-order valence-electron chi connectivity index (χ1n) is 9.73. The summed E-state index contributed by atoms with van der Waals surface area (Å²) in [6.45, 7) is 7.14. The molecule has 1 aromatic carbocycles. The summed E-state index contributed by atoms with van der Waals surface area (Å²) >= 11 is 0. The smallest absolute Gasteiger partial charge is 0.407 e. The summed E-state index contributed by atoms with van der Waals surface area (Å²) in [6.07, 6.45) is 3.45. The Hall–Kier alpha value is -2.24. The Morgan fingerprint density at radius 1 is 0.926 bits per heavy atom. The summed E-state index contributed by atoms with van der Waals surface area (Å²) in [4.78, 5) is 23.5. The van der Waals surface area contributed by atoms with Crippen molar-refractivity contribution in [3.05, 3.63) is 35.9 Å². The summed E-state index contributed by atoms with van der Waals surface area (Å²) in [7, 11) is 0. The number of carbonyl (C=O) groups is 2. The van der Waals surface area contributed by atoms with E-state index in [2.05, 4.69) is 10.6 Å². The first-order chi connectivity index (χ1) is 12.8. The van der Waals surface area contributed by atoms with Gasteiger partial charge in [-0.2, -0.15) is 0 Å². The first-order valence-corrected chi connectivity index (χ1v) is 9.73. The second-order valence-electron chi connectivity index (χ2n) is 8.21. The Bertz CT molecular complexity index is 590. The first kappa shape index (κ1) is 21.1. The van der Waals surface area contributed by atoms with E-state index in [0.29, 0.717) is 24.9 Å². The molecule has 2 rings (SSSR count). The van der Waals surface area contributed by atoms with Gasteiger partial charge in [0.1, 0.15) is 12.2 Å². The maximum atomic E-state index is 11.8. The average Bonchev–Trinajstić information content (AvgIpc) is 2.63. The maximum absolute atomic E-state index is 11.8. The number of rotatable bonds is 6. The standard InChI is InChI=1S/C21H32N2O4/c1-21(2,3)27-20(25)23-14-17-11-9-16(10-12-17)13-22-19(24)26-15-18-7-5-4-6-8-18/h4-8,16-17H,9-15H2,1-3H3,(H,22,24)(H,23,25)/t16-,17-. The van der Waals surface area contributed by atoms with E-state index in [1.54, 1.807) is 0 Å². The molecule has 0 heterocycles. The van der Waals surface area contributed by atoms with Gasteiger partial charge in [-0.3, -0.25) is 0 Å². The van der Waals surface area contributed by atoms with Gasteiger partial charge in [0, 0.05) is 13.1 Å². The largest absolute Gasteiger partial charge is 0.445 e. The van der Waals surface area contributed by atoms with Crippen molar-refractivity contribution in [1.82, 2.24) is 10.6 Å². The fourth-order valence-electron chi connectivity index (χ4n) is 3.18. The summed E-state index contributed by atoms with van der Waals surface area (Å²) in [5.74, 6) is 0.936. The Labute approximate surface area is 162 Å². The Kier molecular flexibility index (Phi) is 7.95. The number of benzene rings is 1. The van der Waals surface area contributed by atoms with E-state index >= 15 is 0 Å². The van der Waals surface area contributed by atoms with Crippen LogP contribution >= 0.6 is 0 Å². The summed E-state index contributed by atoms with van der Waals surface area (Å²) in [5.41, 5.74) is 0.508. The van der Waals surface area contributed by atoms with E-state index in [9.17, 15) is 9.59 Å². The van der Waals surface area contributed by atoms with Crippen molar-refractivity contribution in [3.8, 4) is 0 Å². The van der Waals surface area contributed by atoms with Crippen molar-refractivity contribution in [1.29, 1.82) is 0 Å². The lowest BCUT2D eigenvalue weighted by Gasteiger charge is -2.29. The molecule has 0 unspecified atom stereocenters. The fraction of sp³-hybridized carbons (Fsp3) is 0.619. The van der Waals surface area contributed by atoms with Crippen LogP contribution in [0.5, 0.6) is 0 Å². The van der Waals surface area contributed by atoms with Crippen LogP contribution in [0.1, 0.15) is 52.0 Å². The van der Waals surface area contributed by atoms with E-state index < -0.39 is 5.60 Å². The third-order valence-electron chi connectivity index (χ3n) is 4.65. The summed E-state index contributed by atoms with van der Waals surface area (Å²) < 4.78 is 10.5. The predicted octanol–water partition coefficient (Wildman–Crippen LogP) is 4.24. The predicted molar refractivity (Wildman–Crippen MR) is 104 cm³/mol. The van der Waals surface area contributed by atoms with Gasteiger partial charge in [-0.25, -0.2) is 9.59 Å². The Balaban J connectivity index is 1.56. The lowest BCUT2D eigenvalue weighted by atomic mass is 9.82. The van der Waals surface area contributed by atoms with Crippen molar-refractivity contribution >= 4 is 12.2 Å². The van der Waals surface area contributed by atoms with Gasteiger partial charge < -0.3 is 20.1 Å². The van der Waals surface area contributed by atoms with Crippen LogP contribution in [0, 0.1) is 11.8 Å². The highest BCUT2D eigenvalue weighted by molar-refractivity contribution is 5.67. The Morgan fingerprint density at radius 3 is 1.96 bits per heavy atom. The minimum Gasteiger partial charge on any atom is -0.445 e. The number of ether oxygens (including phenoxy) is 2. The molecule has 1 fully saturated rings. The van der Waals surface area contributed by atoms with Gasteiger partial charge in [0.15, 0.2) is 0 Å². The van der Waals surface area contributed by atoms with Crippen LogP contribution in [-0.4, -0.2) is 30.9 Å². The minimum atomic E-state index is -0.470. The monoisotopic (exact) mass is 376 g/mol. The van der Waals surface area contributed by atoms with E-state index in [0.717, 1.165) is 31.2 Å². The molecule has 0 aromatic heterocycles. The number of hydrogen-bond acceptors (Lipinski definition) is 4. The number of carbonyl (C=O) groups excluding carboxylic acids is 2. The molecule has 0 saturated heterocycles. The van der Waals surface area contributed by atoms with Crippen LogP contribution in [0.2, 0.25) is 0 Å². The summed E-state index contributed by atoms with van der Waals surface area (Å²) in [5, 5.41) is 5.72. The third kappa shape index (κ3) is 8.80. The van der Waals surface area contributed by atoms with Gasteiger partial charge >= 0.3 is 12.2 Å². The maximum Gasteiger partial charge on any atom is 0.407 e. The second kappa shape index (κ2) is 10.2. The molecule has 0 aliphatic heterocycles. The molecular weight excluding hydrogens is 344 g/mol. The van der Waals surface area contributed by atoms with Gasteiger partial charge in [-0.1, -0.05) is 30.3 Å². The minimum absolute atomic E-state index is 0.287. The van der Waals surface area contributed by atoms with Crippen molar-refractivity contribution < 1.29 is 19.1 Å². The van der Waals surface area contributed by atoms with Crippen LogP contribution in [0.4, 0.5) is 9.59 Å². The molecule has 2 N–H and O–H groups in total. The van der Waals surface area contributed by atoms with Gasteiger partial charge in [-0.15, -0.1) is 0 Å². The molecule has 0 atom stereocenters. The molecular formula is C21H32N2O4. The lowest BCUT2D eigenvalue weighted by molar-refractivity contribution is 0.0513. The molecule has 1 aliphatic carbocycles. The van der Waals surface area contributed by atoms with Crippen LogP contribution < -0.4 is 10.6 Å². The van der Waals surface area contributed by atoms with Crippen molar-refractivity contribution in [2.45, 2.75) is 58.7 Å². The average molecular weight is 376 g/mol. The highest BCUT2D eigenvalue weighted by Gasteiger charge is 2.23. The third-order valence-corrected chi connectivity index (χ3v) is 4.65. The van der Waals surface area contributed by atoms with Crippen molar-refractivity contribution in [2.75, 3.05) is 13.1 Å². The number of amides is 2. The zero-order valence-corrected chi connectivity index (χ0v) is 16.6. The zero-order chi connectivity index (χ0) is 19.7. The molecule has 27 heavy (non-hydrogen) atoms. The molecule has 150 valence electrons. The Morgan fingerprint density at radius 2 is 1.44 bits per heavy atom. The topological polar surface area (TPSA) is 76.7 Å². The van der Waals surface area contributed by atoms with Crippen LogP contribution in [-0.2, 0) is 16.1 Å². The van der Waals surface area contributed by atoms with Gasteiger partial charge in [0.2, 0.25) is 0 Å². The van der Waals surface area contributed by atoms with Gasteiger partial charge in [0.05, 0.1) is 0 Å². The lowest BCUT2D eigenvalue weighted by Crippen LogP contribution is -2.37. The molecule has 1 aromatic rings. The molecule has 6 heteroatoms. The zero-order valence-electron chi connectivity index (χ0n) is 16.6. The molecule has 6 nitrogen and oxygen atoms in total. The molecule has 1 aliphatic rings. The second-order valence-corrected chi connectivity index (χ2v) is 8.21. The van der Waals surface area contributed by atoms with E-state index in [1.165, 1.54) is 0 Å². The molecule has 0 spiro atoms. The number of hydrogen-bond donors (Lipinski definition) is 2. The highest BCUT2D eigenvalue weighted by Crippen LogP contribution is 2.28. The highest BCUT2D eigenvalue weighted by atomic mass is 16.6. The van der Waals surface area contributed by atoms with Crippen LogP contribution in [0.3, 0.4) is 0 Å². The van der Waals surface area contributed by atoms with Crippen molar-refractivity contribution in [2.24, 2.45) is 11.8 Å². The molecule has 0 radical (unpaired) electrons.